The Hall–Kier alpha value is -3.93. The molecule has 2 N–H and O–H groups in total. The zero-order valence-corrected chi connectivity index (χ0v) is 17.6. The zero-order chi connectivity index (χ0) is 21.8. The van der Waals surface area contributed by atoms with Crippen LogP contribution in [0.1, 0.15) is 27.9 Å². The number of anilines is 1. The molecule has 156 valence electrons. The van der Waals surface area contributed by atoms with E-state index in [1.54, 1.807) is 6.07 Å². The Kier molecular flexibility index (Phi) is 5.80. The maximum Gasteiger partial charge on any atom is 0.251 e. The maximum absolute atomic E-state index is 12.7. The first-order chi connectivity index (χ1) is 15.0. The smallest absolute Gasteiger partial charge is 0.251 e. The molecule has 2 amide bonds. The van der Waals surface area contributed by atoms with Crippen LogP contribution in [0.15, 0.2) is 72.9 Å². The molecule has 0 aliphatic rings. The van der Waals surface area contributed by atoms with Crippen molar-refractivity contribution in [3.63, 3.8) is 0 Å². The molecule has 0 saturated carbocycles. The van der Waals surface area contributed by atoms with Crippen molar-refractivity contribution < 1.29 is 9.59 Å². The van der Waals surface area contributed by atoms with E-state index in [0.717, 1.165) is 22.3 Å². The van der Waals surface area contributed by atoms with Gasteiger partial charge < -0.3 is 10.6 Å². The van der Waals surface area contributed by atoms with Gasteiger partial charge in [-0.2, -0.15) is 0 Å². The van der Waals surface area contributed by atoms with Gasteiger partial charge in [0, 0.05) is 30.3 Å². The number of aromatic nitrogens is 2. The van der Waals surface area contributed by atoms with Crippen molar-refractivity contribution in [3.8, 4) is 11.3 Å². The number of fused-ring (bicyclic) bond motifs is 1. The van der Waals surface area contributed by atoms with E-state index in [-0.39, 0.29) is 24.8 Å². The molecule has 31 heavy (non-hydrogen) atoms. The first-order valence-corrected chi connectivity index (χ1v) is 10.2. The van der Waals surface area contributed by atoms with Crippen LogP contribution in [0.5, 0.6) is 0 Å². The molecule has 0 fully saturated rings. The van der Waals surface area contributed by atoms with Crippen molar-refractivity contribution in [1.29, 1.82) is 0 Å². The maximum atomic E-state index is 12.7. The molecule has 0 aliphatic carbocycles. The quantitative estimate of drug-likeness (QED) is 0.494. The first-order valence-electron chi connectivity index (χ1n) is 10.2. The Morgan fingerprint density at radius 2 is 1.61 bits per heavy atom. The molecule has 4 aromatic rings. The Morgan fingerprint density at radius 1 is 0.903 bits per heavy atom. The van der Waals surface area contributed by atoms with Crippen LogP contribution in [-0.2, 0) is 4.79 Å². The van der Waals surface area contributed by atoms with Gasteiger partial charge in [-0.05, 0) is 37.1 Å². The Bertz CT molecular complexity index is 1250. The summed E-state index contributed by atoms with van der Waals surface area (Å²) in [6.07, 6.45) is 2.04. The summed E-state index contributed by atoms with van der Waals surface area (Å²) >= 11 is 0. The van der Waals surface area contributed by atoms with Gasteiger partial charge in [-0.3, -0.25) is 14.0 Å². The normalized spacial score (nSPS) is 10.8. The number of pyridine rings is 1. The molecule has 2 aromatic carbocycles. The first kappa shape index (κ1) is 20.3. The molecule has 2 heterocycles. The lowest BCUT2D eigenvalue weighted by atomic mass is 10.1. The molecule has 6 heteroatoms. The van der Waals surface area contributed by atoms with Crippen LogP contribution in [0.4, 0.5) is 5.82 Å². The van der Waals surface area contributed by atoms with E-state index in [4.69, 9.17) is 4.98 Å². The molecule has 0 radical (unpaired) electrons. The van der Waals surface area contributed by atoms with E-state index in [1.807, 2.05) is 85.1 Å². The summed E-state index contributed by atoms with van der Waals surface area (Å²) < 4.78 is 1.89. The van der Waals surface area contributed by atoms with Gasteiger partial charge in [-0.1, -0.05) is 54.6 Å². The van der Waals surface area contributed by atoms with Crippen LogP contribution < -0.4 is 10.6 Å². The van der Waals surface area contributed by atoms with Crippen molar-refractivity contribution in [2.24, 2.45) is 0 Å². The Morgan fingerprint density at radius 3 is 2.39 bits per heavy atom. The van der Waals surface area contributed by atoms with Gasteiger partial charge in [0.05, 0.1) is 0 Å². The van der Waals surface area contributed by atoms with Gasteiger partial charge in [-0.25, -0.2) is 4.98 Å². The summed E-state index contributed by atoms with van der Waals surface area (Å²) in [6.45, 7) is 4.12. The highest BCUT2D eigenvalue weighted by Crippen LogP contribution is 2.29. The number of nitrogens with zero attached hydrogens (tertiary/aromatic N) is 2. The molecular weight excluding hydrogens is 388 g/mol. The molecule has 6 nitrogen and oxygen atoms in total. The molecule has 0 saturated heterocycles. The third-order valence-corrected chi connectivity index (χ3v) is 5.18. The number of carbonyl (C=O) groups excluding carboxylic acids is 2. The van der Waals surface area contributed by atoms with E-state index in [2.05, 4.69) is 10.6 Å². The number of hydrogen-bond donors (Lipinski definition) is 2. The van der Waals surface area contributed by atoms with Gasteiger partial charge in [0.25, 0.3) is 5.91 Å². The molecule has 0 atom stereocenters. The highest BCUT2D eigenvalue weighted by atomic mass is 16.2. The van der Waals surface area contributed by atoms with E-state index < -0.39 is 0 Å². The fourth-order valence-electron chi connectivity index (χ4n) is 3.53. The molecule has 4 rings (SSSR count). The third kappa shape index (κ3) is 4.33. The van der Waals surface area contributed by atoms with E-state index in [1.165, 1.54) is 0 Å². The fourth-order valence-corrected chi connectivity index (χ4v) is 3.53. The largest absolute Gasteiger partial charge is 0.352 e. The number of hydrogen-bond acceptors (Lipinski definition) is 3. The summed E-state index contributed by atoms with van der Waals surface area (Å²) in [5.74, 6) is 0.256. The minimum absolute atomic E-state index is 0.158. The van der Waals surface area contributed by atoms with Crippen LogP contribution in [0.3, 0.4) is 0 Å². The van der Waals surface area contributed by atoms with Crippen molar-refractivity contribution in [2.75, 3.05) is 11.9 Å². The topological polar surface area (TPSA) is 75.5 Å². The van der Waals surface area contributed by atoms with Crippen LogP contribution in [0.2, 0.25) is 0 Å². The zero-order valence-electron chi connectivity index (χ0n) is 17.6. The van der Waals surface area contributed by atoms with Crippen LogP contribution in [0, 0.1) is 13.8 Å². The predicted molar refractivity (Wildman–Crippen MR) is 122 cm³/mol. The van der Waals surface area contributed by atoms with E-state index in [9.17, 15) is 9.59 Å². The lowest BCUT2D eigenvalue weighted by molar-refractivity contribution is -0.116. The Labute approximate surface area is 180 Å². The second kappa shape index (κ2) is 8.83. The monoisotopic (exact) mass is 412 g/mol. The highest BCUT2D eigenvalue weighted by molar-refractivity contribution is 5.97. The highest BCUT2D eigenvalue weighted by Gasteiger charge is 2.17. The second-order valence-corrected chi connectivity index (χ2v) is 7.43. The van der Waals surface area contributed by atoms with Crippen LogP contribution >= 0.6 is 0 Å². The number of imidazole rings is 1. The number of aryl methyl sites for hydroxylation is 2. The van der Waals surface area contributed by atoms with Crippen molar-refractivity contribution in [2.45, 2.75) is 20.3 Å². The summed E-state index contributed by atoms with van der Waals surface area (Å²) in [7, 11) is 0. The van der Waals surface area contributed by atoms with Crippen molar-refractivity contribution in [3.05, 3.63) is 89.6 Å². The lowest BCUT2D eigenvalue weighted by Crippen LogP contribution is -2.28. The number of carbonyl (C=O) groups is 2. The number of rotatable bonds is 6. The summed E-state index contributed by atoms with van der Waals surface area (Å²) in [4.78, 5) is 29.8. The molecule has 0 aliphatic heterocycles. The molecular formula is C25H24N4O2. The SMILES string of the molecule is Cc1ccccc1C(=O)NCCC(=O)Nc1c(-c2ccccc2)nc2c(C)cccn12. The minimum Gasteiger partial charge on any atom is -0.352 e. The summed E-state index contributed by atoms with van der Waals surface area (Å²) in [5, 5.41) is 5.82. The molecule has 2 aromatic heterocycles. The predicted octanol–water partition coefficient (Wildman–Crippen LogP) is 4.38. The number of benzene rings is 2. The average Bonchev–Trinajstić information content (AvgIpc) is 3.14. The van der Waals surface area contributed by atoms with Gasteiger partial charge in [0.15, 0.2) is 0 Å². The van der Waals surface area contributed by atoms with E-state index in [0.29, 0.717) is 17.1 Å². The third-order valence-electron chi connectivity index (χ3n) is 5.18. The number of nitrogens with one attached hydrogen (secondary N) is 2. The summed E-state index contributed by atoms with van der Waals surface area (Å²) in [5.41, 5.74) is 4.97. The van der Waals surface area contributed by atoms with Gasteiger partial charge in [-0.15, -0.1) is 0 Å². The van der Waals surface area contributed by atoms with E-state index >= 15 is 0 Å². The van der Waals surface area contributed by atoms with Gasteiger partial charge in [0.1, 0.15) is 17.2 Å². The number of amides is 2. The van der Waals surface area contributed by atoms with Gasteiger partial charge >= 0.3 is 0 Å². The fraction of sp³-hybridized carbons (Fsp3) is 0.160. The Balaban J connectivity index is 1.50. The molecule has 0 spiro atoms. The molecule has 0 unspecified atom stereocenters. The van der Waals surface area contributed by atoms with Crippen LogP contribution in [-0.4, -0.2) is 27.7 Å². The summed E-state index contributed by atoms with van der Waals surface area (Å²) in [6, 6.07) is 21.1. The van der Waals surface area contributed by atoms with Gasteiger partial charge in [0.2, 0.25) is 5.91 Å². The minimum atomic E-state index is -0.189. The van der Waals surface area contributed by atoms with Crippen LogP contribution in [0.25, 0.3) is 16.9 Å². The van der Waals surface area contributed by atoms with Crippen molar-refractivity contribution in [1.82, 2.24) is 14.7 Å². The average molecular weight is 412 g/mol. The second-order valence-electron chi connectivity index (χ2n) is 7.43. The lowest BCUT2D eigenvalue weighted by Gasteiger charge is -2.10. The standard InChI is InChI=1S/C25H24N4O2/c1-17-9-6-7-13-20(17)25(31)26-15-14-21(30)27-24-22(19-11-4-3-5-12-19)28-23-18(2)10-8-16-29(23)24/h3-13,16H,14-15H2,1-2H3,(H,26,31)(H,27,30). The molecule has 0 bridgehead atoms. The van der Waals surface area contributed by atoms with Crippen molar-refractivity contribution >= 4 is 23.3 Å².